The van der Waals surface area contributed by atoms with E-state index in [9.17, 15) is 19.8 Å². The summed E-state index contributed by atoms with van der Waals surface area (Å²) >= 11 is 0. The average molecular weight is 276 g/mol. The molecule has 0 unspecified atom stereocenters. The maximum Gasteiger partial charge on any atom is 0.340 e. The molecule has 2 aromatic carbocycles. The molecule has 6 nitrogen and oxygen atoms in total. The van der Waals surface area contributed by atoms with Crippen molar-refractivity contribution in [2.75, 3.05) is 14.2 Å². The Labute approximate surface area is 114 Å². The highest BCUT2D eigenvalue weighted by molar-refractivity contribution is 6.13. The highest BCUT2D eigenvalue weighted by Gasteiger charge is 2.21. The Kier molecular flexibility index (Phi) is 3.47. The van der Waals surface area contributed by atoms with Crippen LogP contribution in [0.3, 0.4) is 0 Å². The average Bonchev–Trinajstić information content (AvgIpc) is 2.43. The number of carbonyl (C=O) groups is 2. The van der Waals surface area contributed by atoms with Crippen LogP contribution in [-0.4, -0.2) is 36.4 Å². The molecule has 0 heterocycles. The number of benzene rings is 2. The van der Waals surface area contributed by atoms with Gasteiger partial charge in [-0.3, -0.25) is 0 Å². The summed E-state index contributed by atoms with van der Waals surface area (Å²) in [7, 11) is 2.71. The summed E-state index contributed by atoms with van der Waals surface area (Å²) in [5.41, 5.74) is -0.148. The van der Waals surface area contributed by atoms with Crippen LogP contribution in [0.1, 0.15) is 20.7 Å². The molecular formula is C14H12O6. The first-order chi connectivity index (χ1) is 9.51. The molecule has 0 aromatic heterocycles. The lowest BCUT2D eigenvalue weighted by Gasteiger charge is -2.12. The molecule has 2 N–H and O–H groups in total. The van der Waals surface area contributed by atoms with Gasteiger partial charge in [0.05, 0.1) is 14.2 Å². The lowest BCUT2D eigenvalue weighted by Crippen LogP contribution is -2.06. The number of carboxylic acid groups (broad SMARTS) is 2. The fourth-order valence-electron chi connectivity index (χ4n) is 2.15. The summed E-state index contributed by atoms with van der Waals surface area (Å²) in [6.07, 6.45) is 0. The van der Waals surface area contributed by atoms with Crippen LogP contribution in [0.4, 0.5) is 0 Å². The second kappa shape index (κ2) is 5.08. The monoisotopic (exact) mass is 276 g/mol. The maximum atomic E-state index is 11.4. The van der Waals surface area contributed by atoms with E-state index in [1.54, 1.807) is 0 Å². The molecule has 6 heteroatoms. The van der Waals surface area contributed by atoms with E-state index in [2.05, 4.69) is 0 Å². The van der Waals surface area contributed by atoms with Crippen LogP contribution in [-0.2, 0) is 0 Å². The van der Waals surface area contributed by atoms with E-state index in [4.69, 9.17) is 9.47 Å². The minimum absolute atomic E-state index is 0.0739. The summed E-state index contributed by atoms with van der Waals surface area (Å²) < 4.78 is 10.0. The first-order valence-corrected chi connectivity index (χ1v) is 5.65. The number of hydrogen-bond donors (Lipinski definition) is 2. The van der Waals surface area contributed by atoms with Gasteiger partial charge in [-0.1, -0.05) is 0 Å². The summed E-state index contributed by atoms with van der Waals surface area (Å²) in [6, 6.07) is 5.87. The van der Waals surface area contributed by atoms with Gasteiger partial charge in [0.25, 0.3) is 0 Å². The first-order valence-electron chi connectivity index (χ1n) is 5.65. The van der Waals surface area contributed by atoms with Crippen LogP contribution in [0, 0.1) is 0 Å². The second-order valence-corrected chi connectivity index (χ2v) is 3.99. The quantitative estimate of drug-likeness (QED) is 0.889. The van der Waals surface area contributed by atoms with Gasteiger partial charge in [0.2, 0.25) is 0 Å². The number of methoxy groups -OCH3 is 2. The molecule has 0 saturated carbocycles. The summed E-state index contributed by atoms with van der Waals surface area (Å²) in [5.74, 6) is -2.03. The van der Waals surface area contributed by atoms with Gasteiger partial charge in [-0.15, -0.1) is 0 Å². The Morgan fingerprint density at radius 1 is 0.800 bits per heavy atom. The molecule has 0 atom stereocenters. The van der Waals surface area contributed by atoms with Crippen molar-refractivity contribution in [3.05, 3.63) is 35.4 Å². The normalized spacial score (nSPS) is 10.3. The van der Waals surface area contributed by atoms with E-state index in [1.165, 1.54) is 38.5 Å². The predicted molar refractivity (Wildman–Crippen MR) is 71.0 cm³/mol. The molecule has 20 heavy (non-hydrogen) atoms. The van der Waals surface area contributed by atoms with Gasteiger partial charge in [0.15, 0.2) is 0 Å². The molecule has 2 aromatic rings. The molecule has 0 aliphatic heterocycles. The minimum Gasteiger partial charge on any atom is -0.496 e. The van der Waals surface area contributed by atoms with Gasteiger partial charge in [0.1, 0.15) is 22.6 Å². The lowest BCUT2D eigenvalue weighted by molar-refractivity contribution is 0.0682. The second-order valence-electron chi connectivity index (χ2n) is 3.99. The zero-order chi connectivity index (χ0) is 14.9. The predicted octanol–water partition coefficient (Wildman–Crippen LogP) is 2.25. The Morgan fingerprint density at radius 3 is 1.40 bits per heavy atom. The Morgan fingerprint density at radius 2 is 1.15 bits per heavy atom. The van der Waals surface area contributed by atoms with E-state index in [0.29, 0.717) is 0 Å². The summed E-state index contributed by atoms with van der Waals surface area (Å²) in [5, 5.41) is 19.2. The van der Waals surface area contributed by atoms with Gasteiger partial charge in [0, 0.05) is 10.8 Å². The van der Waals surface area contributed by atoms with E-state index in [-0.39, 0.29) is 33.4 Å². The topological polar surface area (TPSA) is 93.1 Å². The van der Waals surface area contributed by atoms with Crippen molar-refractivity contribution in [1.82, 2.24) is 0 Å². The van der Waals surface area contributed by atoms with Crippen molar-refractivity contribution in [2.45, 2.75) is 0 Å². The zero-order valence-electron chi connectivity index (χ0n) is 10.8. The third-order valence-corrected chi connectivity index (χ3v) is 2.99. The fourth-order valence-corrected chi connectivity index (χ4v) is 2.15. The van der Waals surface area contributed by atoms with Crippen LogP contribution in [0.5, 0.6) is 11.5 Å². The summed E-state index contributed by atoms with van der Waals surface area (Å²) in [6.45, 7) is 0. The fraction of sp³-hybridized carbons (Fsp3) is 0.143. The smallest absolute Gasteiger partial charge is 0.340 e. The third kappa shape index (κ3) is 2.01. The number of carboxylic acids is 2. The molecule has 0 aliphatic carbocycles. The first kappa shape index (κ1) is 13.7. The molecule has 0 spiro atoms. The zero-order valence-corrected chi connectivity index (χ0v) is 10.8. The third-order valence-electron chi connectivity index (χ3n) is 2.99. The standard InChI is InChI=1S/C14H12O6/c1-19-9-5-3-8-7(11(9)13(15)16)4-6-10(20-2)12(8)14(17)18/h3-6H,1-2H3,(H,15,16)(H,17,18). The van der Waals surface area contributed by atoms with Crippen LogP contribution < -0.4 is 9.47 Å². The number of hydrogen-bond acceptors (Lipinski definition) is 4. The minimum atomic E-state index is -1.19. The highest BCUT2D eigenvalue weighted by atomic mass is 16.5. The van der Waals surface area contributed by atoms with Gasteiger partial charge < -0.3 is 19.7 Å². The molecule has 0 radical (unpaired) electrons. The maximum absolute atomic E-state index is 11.4. The largest absolute Gasteiger partial charge is 0.496 e. The van der Waals surface area contributed by atoms with Crippen molar-refractivity contribution in [1.29, 1.82) is 0 Å². The van der Waals surface area contributed by atoms with E-state index >= 15 is 0 Å². The van der Waals surface area contributed by atoms with Gasteiger partial charge in [-0.2, -0.15) is 0 Å². The Balaban J connectivity index is 2.94. The SMILES string of the molecule is COc1ccc2c(C(=O)O)c(OC)ccc2c1C(=O)O. The van der Waals surface area contributed by atoms with Crippen LogP contribution in [0.25, 0.3) is 10.8 Å². The molecular weight excluding hydrogens is 264 g/mol. The highest BCUT2D eigenvalue weighted by Crippen LogP contribution is 2.34. The molecule has 0 fully saturated rings. The van der Waals surface area contributed by atoms with Crippen molar-refractivity contribution in [2.24, 2.45) is 0 Å². The lowest BCUT2D eigenvalue weighted by atomic mass is 9.98. The van der Waals surface area contributed by atoms with Crippen molar-refractivity contribution < 1.29 is 29.3 Å². The number of fused-ring (bicyclic) bond motifs is 1. The molecule has 104 valence electrons. The van der Waals surface area contributed by atoms with E-state index in [0.717, 1.165) is 0 Å². The van der Waals surface area contributed by atoms with Gasteiger partial charge in [-0.25, -0.2) is 9.59 Å². The van der Waals surface area contributed by atoms with Crippen molar-refractivity contribution in [3.8, 4) is 11.5 Å². The molecule has 0 aliphatic rings. The molecule has 0 bridgehead atoms. The van der Waals surface area contributed by atoms with E-state index in [1.807, 2.05) is 0 Å². The number of aromatic carboxylic acids is 2. The summed E-state index contributed by atoms with van der Waals surface area (Å²) in [4.78, 5) is 22.7. The molecule has 2 rings (SSSR count). The van der Waals surface area contributed by atoms with E-state index < -0.39 is 11.9 Å². The van der Waals surface area contributed by atoms with Gasteiger partial charge >= 0.3 is 11.9 Å². The number of ether oxygens (including phenoxy) is 2. The van der Waals surface area contributed by atoms with Crippen molar-refractivity contribution >= 4 is 22.7 Å². The van der Waals surface area contributed by atoms with Crippen molar-refractivity contribution in [3.63, 3.8) is 0 Å². The molecule has 0 saturated heterocycles. The van der Waals surface area contributed by atoms with Crippen LogP contribution in [0.15, 0.2) is 24.3 Å². The van der Waals surface area contributed by atoms with Crippen LogP contribution in [0.2, 0.25) is 0 Å². The molecule has 0 amide bonds. The Hall–Kier alpha value is -2.76. The van der Waals surface area contributed by atoms with Gasteiger partial charge in [-0.05, 0) is 24.3 Å². The number of rotatable bonds is 4. The Bertz CT molecular complexity index is 643. The van der Waals surface area contributed by atoms with Crippen LogP contribution >= 0.6 is 0 Å².